The molecule has 0 rings (SSSR count). The van der Waals surface area contributed by atoms with Gasteiger partial charge in [0, 0.05) is 19.3 Å². The molecule has 0 bridgehead atoms. The summed E-state index contributed by atoms with van der Waals surface area (Å²) < 4.78 is 0. The van der Waals surface area contributed by atoms with E-state index in [0.29, 0.717) is 42.9 Å². The molecule has 0 saturated carbocycles. The zero-order valence-electron chi connectivity index (χ0n) is 19.0. The van der Waals surface area contributed by atoms with Gasteiger partial charge in [-0.1, -0.05) is 67.7 Å². The molecular weight excluding hydrogens is 360 g/mol. The van der Waals surface area contributed by atoms with Crippen LogP contribution in [0.5, 0.6) is 0 Å². The van der Waals surface area contributed by atoms with E-state index in [1.807, 2.05) is 6.92 Å². The molecular formula is C22H44O6. The molecule has 0 aromatic heterocycles. The maximum Gasteiger partial charge on any atom is 0.303 e. The van der Waals surface area contributed by atoms with Gasteiger partial charge in [-0.15, -0.1) is 0 Å². The fourth-order valence-electron chi connectivity index (χ4n) is 2.09. The van der Waals surface area contributed by atoms with Crippen LogP contribution >= 0.6 is 0 Å². The first kappa shape index (κ1) is 31.1. The van der Waals surface area contributed by atoms with E-state index in [1.54, 1.807) is 0 Å². The monoisotopic (exact) mass is 404 g/mol. The van der Waals surface area contributed by atoms with Crippen LogP contribution in [-0.2, 0) is 14.4 Å². The first-order valence-electron chi connectivity index (χ1n) is 10.5. The van der Waals surface area contributed by atoms with Gasteiger partial charge < -0.3 is 15.3 Å². The van der Waals surface area contributed by atoms with Crippen molar-refractivity contribution in [1.29, 1.82) is 0 Å². The van der Waals surface area contributed by atoms with Crippen molar-refractivity contribution in [3.05, 3.63) is 0 Å². The third-order valence-electron chi connectivity index (χ3n) is 5.06. The topological polar surface area (TPSA) is 112 Å². The summed E-state index contributed by atoms with van der Waals surface area (Å²) >= 11 is 0. The Hall–Kier alpha value is -1.59. The van der Waals surface area contributed by atoms with Crippen molar-refractivity contribution >= 4 is 17.9 Å². The number of rotatable bonds is 12. The van der Waals surface area contributed by atoms with E-state index in [0.717, 1.165) is 32.1 Å². The molecule has 0 heterocycles. The molecule has 0 aromatic carbocycles. The highest BCUT2D eigenvalue weighted by Crippen LogP contribution is 2.17. The van der Waals surface area contributed by atoms with E-state index in [-0.39, 0.29) is 0 Å². The van der Waals surface area contributed by atoms with Crippen LogP contribution in [0.1, 0.15) is 99.8 Å². The fraction of sp³-hybridized carbons (Fsp3) is 0.864. The predicted octanol–water partition coefficient (Wildman–Crippen LogP) is 5.94. The van der Waals surface area contributed by atoms with E-state index in [2.05, 4.69) is 41.5 Å². The maximum absolute atomic E-state index is 10.2. The number of carboxylic acids is 3. The van der Waals surface area contributed by atoms with Crippen LogP contribution in [0.25, 0.3) is 0 Å². The van der Waals surface area contributed by atoms with Crippen molar-refractivity contribution in [2.75, 3.05) is 0 Å². The van der Waals surface area contributed by atoms with Gasteiger partial charge in [-0.3, -0.25) is 14.4 Å². The first-order valence-corrected chi connectivity index (χ1v) is 10.5. The van der Waals surface area contributed by atoms with Crippen LogP contribution in [0.3, 0.4) is 0 Å². The number of unbranched alkanes of at least 4 members (excludes halogenated alkanes) is 2. The number of carbonyl (C=O) groups is 3. The lowest BCUT2D eigenvalue weighted by molar-refractivity contribution is -0.139. The first-order chi connectivity index (χ1) is 12.9. The van der Waals surface area contributed by atoms with Crippen LogP contribution < -0.4 is 0 Å². The van der Waals surface area contributed by atoms with Crippen LogP contribution in [0, 0.1) is 23.7 Å². The Bertz CT molecular complexity index is 406. The standard InChI is InChI=1S/2C8H16O2.C6H12O2/c1-6(2)7(3)4-5-8(9)10;1-4-6(2)7(3)5-8(9)10;1-2-3-4-5-6(7)8/h2*6-7H,4-5H2,1-3H3,(H,9,10);2-5H2,1H3,(H,7,8). The van der Waals surface area contributed by atoms with Crippen molar-refractivity contribution < 1.29 is 29.7 Å². The predicted molar refractivity (Wildman–Crippen MR) is 114 cm³/mol. The summed E-state index contributed by atoms with van der Waals surface area (Å²) in [5, 5.41) is 24.9. The minimum Gasteiger partial charge on any atom is -0.481 e. The van der Waals surface area contributed by atoms with E-state index < -0.39 is 17.9 Å². The molecule has 0 aliphatic heterocycles. The lowest BCUT2D eigenvalue weighted by Crippen LogP contribution is -2.11. The molecule has 28 heavy (non-hydrogen) atoms. The van der Waals surface area contributed by atoms with Gasteiger partial charge in [0.15, 0.2) is 0 Å². The molecule has 168 valence electrons. The molecule has 0 fully saturated rings. The Morgan fingerprint density at radius 1 is 0.679 bits per heavy atom. The zero-order chi connectivity index (χ0) is 22.7. The summed E-state index contributed by atoms with van der Waals surface area (Å²) in [4.78, 5) is 30.2. The molecule has 0 spiro atoms. The fourth-order valence-corrected chi connectivity index (χ4v) is 2.09. The third kappa shape index (κ3) is 26.6. The number of aliphatic carboxylic acids is 3. The van der Waals surface area contributed by atoms with Gasteiger partial charge in [0.1, 0.15) is 0 Å². The third-order valence-corrected chi connectivity index (χ3v) is 5.06. The van der Waals surface area contributed by atoms with E-state index in [4.69, 9.17) is 15.3 Å². The van der Waals surface area contributed by atoms with Crippen molar-refractivity contribution in [2.24, 2.45) is 23.7 Å². The van der Waals surface area contributed by atoms with Crippen molar-refractivity contribution in [2.45, 2.75) is 99.8 Å². The summed E-state index contributed by atoms with van der Waals surface area (Å²) in [6.45, 7) is 14.5. The van der Waals surface area contributed by atoms with Gasteiger partial charge in [0.2, 0.25) is 0 Å². The second-order valence-corrected chi connectivity index (χ2v) is 7.97. The highest BCUT2D eigenvalue weighted by Gasteiger charge is 2.13. The highest BCUT2D eigenvalue weighted by atomic mass is 16.4. The van der Waals surface area contributed by atoms with Crippen molar-refractivity contribution in [3.8, 4) is 0 Å². The minimum absolute atomic E-state index is 0.301. The summed E-state index contributed by atoms with van der Waals surface area (Å²) in [5.41, 5.74) is 0. The summed E-state index contributed by atoms with van der Waals surface area (Å²) in [6, 6.07) is 0. The van der Waals surface area contributed by atoms with Crippen LogP contribution in [-0.4, -0.2) is 33.2 Å². The Labute approximate surface area is 171 Å². The Morgan fingerprint density at radius 3 is 1.50 bits per heavy atom. The van der Waals surface area contributed by atoms with Gasteiger partial charge in [-0.2, -0.15) is 0 Å². The van der Waals surface area contributed by atoms with Crippen molar-refractivity contribution in [1.82, 2.24) is 0 Å². The molecule has 0 amide bonds. The highest BCUT2D eigenvalue weighted by molar-refractivity contribution is 5.67. The van der Waals surface area contributed by atoms with Gasteiger partial charge in [-0.05, 0) is 36.5 Å². The SMILES string of the molecule is CC(C)C(C)CCC(=O)O.CCC(C)C(C)CC(=O)O.CCCCCC(=O)O. The quantitative estimate of drug-likeness (QED) is 0.347. The van der Waals surface area contributed by atoms with Gasteiger partial charge in [-0.25, -0.2) is 0 Å². The molecule has 3 unspecified atom stereocenters. The van der Waals surface area contributed by atoms with Crippen LogP contribution in [0.2, 0.25) is 0 Å². The maximum atomic E-state index is 10.2. The summed E-state index contributed by atoms with van der Waals surface area (Å²) in [7, 11) is 0. The number of hydrogen-bond acceptors (Lipinski definition) is 3. The average molecular weight is 405 g/mol. The largest absolute Gasteiger partial charge is 0.481 e. The minimum atomic E-state index is -0.687. The molecule has 3 N–H and O–H groups in total. The molecule has 0 aliphatic carbocycles. The normalized spacial score (nSPS) is 13.3. The van der Waals surface area contributed by atoms with Gasteiger partial charge in [0.05, 0.1) is 0 Å². The molecule has 0 radical (unpaired) electrons. The van der Waals surface area contributed by atoms with Crippen LogP contribution in [0.15, 0.2) is 0 Å². The Kier molecular flexibility index (Phi) is 22.4. The molecule has 6 nitrogen and oxygen atoms in total. The molecule has 0 aliphatic rings. The Morgan fingerprint density at radius 2 is 1.18 bits per heavy atom. The lowest BCUT2D eigenvalue weighted by atomic mass is 9.91. The van der Waals surface area contributed by atoms with Gasteiger partial charge in [0.25, 0.3) is 0 Å². The van der Waals surface area contributed by atoms with Gasteiger partial charge >= 0.3 is 17.9 Å². The Balaban J connectivity index is -0.000000337. The van der Waals surface area contributed by atoms with E-state index in [1.165, 1.54) is 0 Å². The van der Waals surface area contributed by atoms with E-state index >= 15 is 0 Å². The average Bonchev–Trinajstić information content (AvgIpc) is 2.59. The zero-order valence-corrected chi connectivity index (χ0v) is 19.0. The summed E-state index contributed by atoms with van der Waals surface area (Å²) in [5.74, 6) is -0.104. The second-order valence-electron chi connectivity index (χ2n) is 7.97. The molecule has 6 heteroatoms. The smallest absolute Gasteiger partial charge is 0.303 e. The second kappa shape index (κ2) is 20.2. The molecule has 0 saturated heterocycles. The molecule has 0 aromatic rings. The van der Waals surface area contributed by atoms with E-state index in [9.17, 15) is 14.4 Å². The number of hydrogen-bond donors (Lipinski definition) is 3. The number of carboxylic acid groups (broad SMARTS) is 3. The molecule has 3 atom stereocenters. The van der Waals surface area contributed by atoms with Crippen LogP contribution in [0.4, 0.5) is 0 Å². The lowest BCUT2D eigenvalue weighted by Gasteiger charge is -2.14. The summed E-state index contributed by atoms with van der Waals surface area (Å²) in [6.07, 6.45) is 5.75. The van der Waals surface area contributed by atoms with Crippen molar-refractivity contribution in [3.63, 3.8) is 0 Å².